The predicted octanol–water partition coefficient (Wildman–Crippen LogP) is 1.19. The number of amidine groups is 1. The topological polar surface area (TPSA) is 76.8 Å². The van der Waals surface area contributed by atoms with Gasteiger partial charge in [0.1, 0.15) is 5.84 Å². The highest BCUT2D eigenvalue weighted by Crippen LogP contribution is 2.28. The summed E-state index contributed by atoms with van der Waals surface area (Å²) in [6.07, 6.45) is 0.250. The average molecular weight is 241 g/mol. The molecule has 2 unspecified atom stereocenters. The van der Waals surface area contributed by atoms with Gasteiger partial charge in [-0.25, -0.2) is 9.38 Å². The van der Waals surface area contributed by atoms with Gasteiger partial charge in [-0.05, 0) is 12.1 Å². The number of nitrogens with zero attached hydrogens (tertiary/aromatic N) is 2. The van der Waals surface area contributed by atoms with Crippen molar-refractivity contribution in [3.63, 3.8) is 0 Å². The van der Waals surface area contributed by atoms with Crippen LogP contribution in [0, 0.1) is 0 Å². The van der Waals surface area contributed by atoms with Crippen LogP contribution in [0.5, 0.6) is 0 Å². The summed E-state index contributed by atoms with van der Waals surface area (Å²) in [5.41, 5.74) is 9.27. The van der Waals surface area contributed by atoms with Gasteiger partial charge in [0.05, 0.1) is 6.21 Å². The summed E-state index contributed by atoms with van der Waals surface area (Å²) in [6, 6.07) is 6.23. The molecule has 1 aliphatic heterocycles. The summed E-state index contributed by atoms with van der Waals surface area (Å²) < 4.78 is 14.5. The van der Waals surface area contributed by atoms with Crippen molar-refractivity contribution in [1.29, 1.82) is 0 Å². The molecule has 0 aromatic heterocycles. The van der Waals surface area contributed by atoms with Crippen LogP contribution in [0.3, 0.4) is 0 Å². The lowest BCUT2D eigenvalue weighted by molar-refractivity contribution is 0.356. The molecule has 1 aromatic rings. The van der Waals surface area contributed by atoms with E-state index < -0.39 is 12.0 Å². The number of halogens is 2. The van der Waals surface area contributed by atoms with E-state index in [1.165, 1.54) is 12.1 Å². The molecular weight excluding hydrogens is 231 g/mol. The quantitative estimate of drug-likeness (QED) is 0.774. The van der Waals surface area contributed by atoms with Crippen LogP contribution in [-0.2, 0) is 5.67 Å². The Hall–Kier alpha value is -1.46. The molecule has 4 N–H and O–H groups in total. The maximum absolute atomic E-state index is 14.5. The first-order chi connectivity index (χ1) is 7.52. The van der Waals surface area contributed by atoms with E-state index in [1.54, 1.807) is 12.1 Å². The molecule has 6 heteroatoms. The summed E-state index contributed by atoms with van der Waals surface area (Å²) in [5, 5.41) is 0.521. The Morgan fingerprint density at radius 1 is 1.31 bits per heavy atom. The largest absolute Gasteiger partial charge is 0.384 e. The highest BCUT2D eigenvalue weighted by molar-refractivity contribution is 6.30. The Morgan fingerprint density at radius 3 is 2.50 bits per heavy atom. The van der Waals surface area contributed by atoms with Crippen molar-refractivity contribution in [3.05, 3.63) is 34.9 Å². The Bertz CT molecular complexity index is 456. The van der Waals surface area contributed by atoms with E-state index in [0.29, 0.717) is 10.6 Å². The molecule has 1 aliphatic rings. The van der Waals surface area contributed by atoms with Crippen molar-refractivity contribution in [1.82, 2.24) is 0 Å². The molecule has 2 atom stereocenters. The molecule has 4 nitrogen and oxygen atoms in total. The van der Waals surface area contributed by atoms with Gasteiger partial charge < -0.3 is 5.73 Å². The van der Waals surface area contributed by atoms with Crippen LogP contribution in [0.2, 0.25) is 5.02 Å². The molecule has 0 spiro atoms. The molecule has 0 radical (unpaired) electrons. The molecule has 0 saturated heterocycles. The Balaban J connectivity index is 2.43. The van der Waals surface area contributed by atoms with Gasteiger partial charge in [-0.15, -0.1) is 0 Å². The normalized spacial score (nSPS) is 28.9. The van der Waals surface area contributed by atoms with E-state index in [0.717, 1.165) is 6.21 Å². The van der Waals surface area contributed by atoms with Gasteiger partial charge in [0.25, 0.3) is 0 Å². The zero-order chi connectivity index (χ0) is 11.8. The third-order valence-electron chi connectivity index (χ3n) is 2.31. The highest BCUT2D eigenvalue weighted by Gasteiger charge is 2.37. The number of nitrogens with two attached hydrogens (primary N) is 2. The minimum absolute atomic E-state index is 0.197. The van der Waals surface area contributed by atoms with Crippen LogP contribution in [0.4, 0.5) is 4.39 Å². The zero-order valence-electron chi connectivity index (χ0n) is 8.27. The number of aliphatic imine (C=N–C) groups is 2. The molecule has 2 rings (SSSR count). The summed E-state index contributed by atoms with van der Waals surface area (Å²) in [5.74, 6) is -0.197. The first kappa shape index (κ1) is 11.0. The van der Waals surface area contributed by atoms with E-state index in [-0.39, 0.29) is 5.84 Å². The second-order valence-corrected chi connectivity index (χ2v) is 3.86. The number of rotatable bonds is 1. The maximum Gasteiger partial charge on any atom is 0.226 e. The van der Waals surface area contributed by atoms with Crippen LogP contribution < -0.4 is 11.5 Å². The molecule has 0 aliphatic carbocycles. The lowest BCUT2D eigenvalue weighted by atomic mass is 9.95. The lowest BCUT2D eigenvalue weighted by Gasteiger charge is -2.24. The van der Waals surface area contributed by atoms with E-state index in [2.05, 4.69) is 9.98 Å². The number of hydrogen-bond acceptors (Lipinski definition) is 4. The molecule has 84 valence electrons. The fraction of sp³-hybridized carbons (Fsp3) is 0.200. The van der Waals surface area contributed by atoms with Crippen LogP contribution in [0.1, 0.15) is 5.56 Å². The second-order valence-electron chi connectivity index (χ2n) is 3.42. The molecule has 16 heavy (non-hydrogen) atoms. The SMILES string of the molecule is NC1=NC(N)N=CC1(F)c1ccc(Cl)cc1. The Labute approximate surface area is 96.8 Å². The standard InChI is InChI=1S/C10H10ClFN4/c11-7-3-1-6(2-4-7)10(12)5-15-9(14)16-8(10)13/h1-5,9H,14H2,(H2,13,16). The zero-order valence-corrected chi connectivity index (χ0v) is 9.03. The van der Waals surface area contributed by atoms with E-state index in [4.69, 9.17) is 23.1 Å². The number of alkyl halides is 1. The lowest BCUT2D eigenvalue weighted by Crippen LogP contribution is -2.44. The third-order valence-corrected chi connectivity index (χ3v) is 2.57. The third kappa shape index (κ3) is 1.79. The fourth-order valence-electron chi connectivity index (χ4n) is 1.43. The minimum atomic E-state index is -2.00. The first-order valence-corrected chi connectivity index (χ1v) is 4.99. The van der Waals surface area contributed by atoms with Crippen LogP contribution >= 0.6 is 11.6 Å². The van der Waals surface area contributed by atoms with E-state index in [9.17, 15) is 4.39 Å². The van der Waals surface area contributed by atoms with Gasteiger partial charge in [-0.2, -0.15) is 0 Å². The number of benzene rings is 1. The summed E-state index contributed by atoms with van der Waals surface area (Å²) in [6.45, 7) is 0. The maximum atomic E-state index is 14.5. The van der Waals surface area contributed by atoms with Crippen LogP contribution in [-0.4, -0.2) is 18.3 Å². The Morgan fingerprint density at radius 2 is 1.94 bits per heavy atom. The first-order valence-electron chi connectivity index (χ1n) is 4.61. The molecule has 0 bridgehead atoms. The highest BCUT2D eigenvalue weighted by atomic mass is 35.5. The average Bonchev–Trinajstić information content (AvgIpc) is 2.25. The predicted molar refractivity (Wildman–Crippen MR) is 62.3 cm³/mol. The molecule has 0 fully saturated rings. The molecular formula is C10H10ClFN4. The van der Waals surface area contributed by atoms with Gasteiger partial charge in [-0.1, -0.05) is 23.7 Å². The van der Waals surface area contributed by atoms with Crippen molar-refractivity contribution in [3.8, 4) is 0 Å². The molecule has 1 heterocycles. The number of hydrogen-bond donors (Lipinski definition) is 2. The minimum Gasteiger partial charge on any atom is -0.384 e. The van der Waals surface area contributed by atoms with Crippen molar-refractivity contribution in [2.45, 2.75) is 12.0 Å². The van der Waals surface area contributed by atoms with E-state index in [1.807, 2.05) is 0 Å². The van der Waals surface area contributed by atoms with Crippen LogP contribution in [0.25, 0.3) is 0 Å². The van der Waals surface area contributed by atoms with Gasteiger partial charge in [0.2, 0.25) is 5.67 Å². The summed E-state index contributed by atoms with van der Waals surface area (Å²) in [7, 11) is 0. The Kier molecular flexibility index (Phi) is 2.65. The van der Waals surface area contributed by atoms with Crippen molar-refractivity contribution in [2.24, 2.45) is 21.5 Å². The van der Waals surface area contributed by atoms with Crippen molar-refractivity contribution in [2.75, 3.05) is 0 Å². The summed E-state index contributed by atoms with van der Waals surface area (Å²) in [4.78, 5) is 7.41. The van der Waals surface area contributed by atoms with Crippen LogP contribution in [0.15, 0.2) is 34.3 Å². The molecule has 0 amide bonds. The molecule has 0 saturated carbocycles. The fourth-order valence-corrected chi connectivity index (χ4v) is 1.56. The van der Waals surface area contributed by atoms with Gasteiger partial charge in [-0.3, -0.25) is 10.7 Å². The van der Waals surface area contributed by atoms with Gasteiger partial charge in [0.15, 0.2) is 6.29 Å². The monoisotopic (exact) mass is 240 g/mol. The smallest absolute Gasteiger partial charge is 0.226 e. The van der Waals surface area contributed by atoms with Gasteiger partial charge >= 0.3 is 0 Å². The molecule has 1 aromatic carbocycles. The van der Waals surface area contributed by atoms with Crippen molar-refractivity contribution < 1.29 is 4.39 Å². The van der Waals surface area contributed by atoms with Gasteiger partial charge in [0, 0.05) is 10.6 Å². The summed E-state index contributed by atoms with van der Waals surface area (Å²) >= 11 is 5.72. The second kappa shape index (κ2) is 3.84. The van der Waals surface area contributed by atoms with Crippen molar-refractivity contribution >= 4 is 23.7 Å². The van der Waals surface area contributed by atoms with E-state index >= 15 is 0 Å².